The largest absolute Gasteiger partial charge is 0.381 e. The van der Waals surface area contributed by atoms with E-state index in [9.17, 15) is 13.2 Å². The number of carbonyl (C=O) groups excluding carboxylic acids is 1. The molecule has 6 nitrogen and oxygen atoms in total. The number of rotatable bonds is 4. The Hall–Kier alpha value is -1.44. The van der Waals surface area contributed by atoms with Crippen LogP contribution in [0, 0.1) is 0 Å². The normalized spacial score (nSPS) is 25.2. The Bertz CT molecular complexity index is 661. The summed E-state index contributed by atoms with van der Waals surface area (Å²) < 4.78 is 37.3. The number of benzene rings is 1. The molecule has 7 heteroatoms. The van der Waals surface area contributed by atoms with Crippen molar-refractivity contribution in [3.63, 3.8) is 0 Å². The highest BCUT2D eigenvalue weighted by molar-refractivity contribution is 7.90. The van der Waals surface area contributed by atoms with E-state index in [-0.39, 0.29) is 12.5 Å². The first-order valence-electron chi connectivity index (χ1n) is 7.88. The van der Waals surface area contributed by atoms with Gasteiger partial charge in [-0.2, -0.15) is 0 Å². The molecule has 2 aliphatic rings. The summed E-state index contributed by atoms with van der Waals surface area (Å²) in [6.45, 7) is 2.08. The standard InChI is InChI=1S/C16H21NO5S/c18-16(17-23(19,20)15-5-2-7-21-11-15)13-4-1-3-12(9-13)14-6-8-22-10-14/h1,3-4,9,14-15H,2,5-8,10-11H2,(H,17,18). The molecule has 2 atom stereocenters. The van der Waals surface area contributed by atoms with E-state index in [1.807, 2.05) is 6.07 Å². The zero-order valence-electron chi connectivity index (χ0n) is 12.9. The maximum absolute atomic E-state index is 12.3. The number of carbonyl (C=O) groups is 1. The number of ether oxygens (including phenoxy) is 2. The molecule has 2 unspecified atom stereocenters. The fourth-order valence-corrected chi connectivity index (χ4v) is 4.25. The topological polar surface area (TPSA) is 81.7 Å². The third kappa shape index (κ3) is 3.91. The molecule has 1 aromatic carbocycles. The van der Waals surface area contributed by atoms with E-state index < -0.39 is 21.2 Å². The molecule has 1 aromatic rings. The molecule has 0 radical (unpaired) electrons. The van der Waals surface area contributed by atoms with Crippen molar-refractivity contribution in [3.8, 4) is 0 Å². The van der Waals surface area contributed by atoms with Crippen molar-refractivity contribution in [3.05, 3.63) is 35.4 Å². The number of hydrogen-bond acceptors (Lipinski definition) is 5. The molecule has 2 aliphatic heterocycles. The second-order valence-electron chi connectivity index (χ2n) is 6.00. The molecular weight excluding hydrogens is 318 g/mol. The first kappa shape index (κ1) is 16.4. The molecule has 3 rings (SSSR count). The van der Waals surface area contributed by atoms with Gasteiger partial charge in [0.1, 0.15) is 5.25 Å². The van der Waals surface area contributed by atoms with Gasteiger partial charge in [0.05, 0.1) is 13.2 Å². The van der Waals surface area contributed by atoms with Gasteiger partial charge in [-0.1, -0.05) is 12.1 Å². The van der Waals surface area contributed by atoms with Crippen molar-refractivity contribution in [2.24, 2.45) is 0 Å². The third-order valence-electron chi connectivity index (χ3n) is 4.34. The highest BCUT2D eigenvalue weighted by Gasteiger charge is 2.30. The average molecular weight is 339 g/mol. The summed E-state index contributed by atoms with van der Waals surface area (Å²) in [5.74, 6) is -0.317. The lowest BCUT2D eigenvalue weighted by molar-refractivity contribution is 0.0953. The zero-order valence-corrected chi connectivity index (χ0v) is 13.7. The first-order chi connectivity index (χ1) is 11.1. The Morgan fingerprint density at radius 1 is 1.13 bits per heavy atom. The van der Waals surface area contributed by atoms with Gasteiger partial charge in [-0.15, -0.1) is 0 Å². The molecule has 2 fully saturated rings. The van der Waals surface area contributed by atoms with Gasteiger partial charge in [0.15, 0.2) is 0 Å². The molecule has 0 aliphatic carbocycles. The van der Waals surface area contributed by atoms with Crippen LogP contribution in [0.3, 0.4) is 0 Å². The van der Waals surface area contributed by atoms with Crippen LogP contribution in [0.15, 0.2) is 24.3 Å². The summed E-state index contributed by atoms with van der Waals surface area (Å²) in [5.41, 5.74) is 1.36. The molecule has 2 heterocycles. The smallest absolute Gasteiger partial charge is 0.264 e. The van der Waals surface area contributed by atoms with Gasteiger partial charge in [0.25, 0.3) is 5.91 Å². The van der Waals surface area contributed by atoms with Crippen molar-refractivity contribution in [1.82, 2.24) is 4.72 Å². The Labute approximate surface area is 136 Å². The van der Waals surface area contributed by atoms with Crippen molar-refractivity contribution in [1.29, 1.82) is 0 Å². The molecule has 2 saturated heterocycles. The molecule has 0 bridgehead atoms. The lowest BCUT2D eigenvalue weighted by Crippen LogP contribution is -2.42. The second kappa shape index (κ2) is 6.98. The minimum absolute atomic E-state index is 0.141. The van der Waals surface area contributed by atoms with Crippen LogP contribution in [-0.4, -0.2) is 46.0 Å². The van der Waals surface area contributed by atoms with E-state index in [1.54, 1.807) is 18.2 Å². The molecule has 23 heavy (non-hydrogen) atoms. The van der Waals surface area contributed by atoms with Gasteiger partial charge in [-0.25, -0.2) is 13.1 Å². The second-order valence-corrected chi connectivity index (χ2v) is 7.96. The average Bonchev–Trinajstić information content (AvgIpc) is 3.10. The lowest BCUT2D eigenvalue weighted by Gasteiger charge is -2.22. The SMILES string of the molecule is O=C(NS(=O)(=O)C1CCCOC1)c1cccc(C2CCOC2)c1. The summed E-state index contributed by atoms with van der Waals surface area (Å²) in [7, 11) is -3.71. The zero-order chi connectivity index (χ0) is 16.3. The van der Waals surface area contributed by atoms with Crippen LogP contribution >= 0.6 is 0 Å². The summed E-state index contributed by atoms with van der Waals surface area (Å²) in [5, 5.41) is -0.661. The Morgan fingerprint density at radius 3 is 2.65 bits per heavy atom. The molecule has 1 amide bonds. The van der Waals surface area contributed by atoms with Crippen molar-refractivity contribution in [2.75, 3.05) is 26.4 Å². The summed E-state index contributed by atoms with van der Waals surface area (Å²) in [6, 6.07) is 7.10. The quantitative estimate of drug-likeness (QED) is 0.897. The van der Waals surface area contributed by atoms with E-state index in [1.165, 1.54) is 0 Å². The fraction of sp³-hybridized carbons (Fsp3) is 0.562. The van der Waals surface area contributed by atoms with Crippen molar-refractivity contribution < 1.29 is 22.7 Å². The van der Waals surface area contributed by atoms with Crippen LogP contribution < -0.4 is 4.72 Å². The Balaban J connectivity index is 1.71. The third-order valence-corrected chi connectivity index (χ3v) is 6.06. The molecule has 0 aromatic heterocycles. The number of hydrogen-bond donors (Lipinski definition) is 1. The fourth-order valence-electron chi connectivity index (χ4n) is 2.96. The Morgan fingerprint density at radius 2 is 1.96 bits per heavy atom. The first-order valence-corrected chi connectivity index (χ1v) is 9.42. The molecule has 126 valence electrons. The van der Waals surface area contributed by atoms with Crippen LogP contribution in [0.2, 0.25) is 0 Å². The van der Waals surface area contributed by atoms with Gasteiger partial charge in [0.2, 0.25) is 10.0 Å². The van der Waals surface area contributed by atoms with Gasteiger partial charge >= 0.3 is 0 Å². The Kier molecular flexibility index (Phi) is 4.99. The van der Waals surface area contributed by atoms with E-state index in [0.29, 0.717) is 31.6 Å². The number of nitrogens with one attached hydrogen (secondary N) is 1. The molecule has 1 N–H and O–H groups in total. The van der Waals surface area contributed by atoms with Crippen LogP contribution in [0.25, 0.3) is 0 Å². The maximum Gasteiger partial charge on any atom is 0.264 e. The van der Waals surface area contributed by atoms with Crippen molar-refractivity contribution >= 4 is 15.9 Å². The summed E-state index contributed by atoms with van der Waals surface area (Å²) in [6.07, 6.45) is 2.13. The summed E-state index contributed by atoms with van der Waals surface area (Å²) >= 11 is 0. The monoisotopic (exact) mass is 339 g/mol. The highest BCUT2D eigenvalue weighted by Crippen LogP contribution is 2.25. The van der Waals surface area contributed by atoms with Crippen molar-refractivity contribution in [2.45, 2.75) is 30.4 Å². The molecular formula is C16H21NO5S. The minimum Gasteiger partial charge on any atom is -0.381 e. The van der Waals surface area contributed by atoms with Crippen LogP contribution in [0.4, 0.5) is 0 Å². The van der Waals surface area contributed by atoms with E-state index in [0.717, 1.165) is 18.6 Å². The van der Waals surface area contributed by atoms with Gasteiger partial charge in [-0.3, -0.25) is 4.79 Å². The summed E-state index contributed by atoms with van der Waals surface area (Å²) in [4.78, 5) is 12.3. The van der Waals surface area contributed by atoms with E-state index in [2.05, 4.69) is 4.72 Å². The number of sulfonamides is 1. The minimum atomic E-state index is -3.71. The number of amides is 1. The van der Waals surface area contributed by atoms with E-state index in [4.69, 9.17) is 9.47 Å². The molecule has 0 spiro atoms. The van der Waals surface area contributed by atoms with Crippen LogP contribution in [0.5, 0.6) is 0 Å². The molecule has 0 saturated carbocycles. The predicted molar refractivity (Wildman–Crippen MR) is 84.8 cm³/mol. The van der Waals surface area contributed by atoms with Crippen LogP contribution in [-0.2, 0) is 19.5 Å². The van der Waals surface area contributed by atoms with Gasteiger partial charge in [-0.05, 0) is 37.0 Å². The lowest BCUT2D eigenvalue weighted by atomic mass is 9.97. The van der Waals surface area contributed by atoms with E-state index >= 15 is 0 Å². The van der Waals surface area contributed by atoms with Gasteiger partial charge in [0, 0.05) is 24.7 Å². The van der Waals surface area contributed by atoms with Gasteiger partial charge < -0.3 is 9.47 Å². The van der Waals surface area contributed by atoms with Crippen LogP contribution in [0.1, 0.15) is 41.1 Å². The highest BCUT2D eigenvalue weighted by atomic mass is 32.2. The predicted octanol–water partition coefficient (Wildman–Crippen LogP) is 1.43. The maximum atomic E-state index is 12.3.